The van der Waals surface area contributed by atoms with Crippen LogP contribution >= 0.6 is 39.1 Å². The van der Waals surface area contributed by atoms with E-state index in [1.807, 2.05) is 18.2 Å². The summed E-state index contributed by atoms with van der Waals surface area (Å²) in [5.41, 5.74) is 5.16. The molecular weight excluding hydrogens is 343 g/mol. The van der Waals surface area contributed by atoms with Gasteiger partial charge in [0.15, 0.2) is 0 Å². The van der Waals surface area contributed by atoms with E-state index in [4.69, 9.17) is 23.2 Å². The number of hydrogen-bond donors (Lipinski definition) is 0. The first-order chi connectivity index (χ1) is 9.15. The Balaban J connectivity index is 1.94. The van der Waals surface area contributed by atoms with Gasteiger partial charge in [0.2, 0.25) is 0 Å². The molecule has 0 amide bonds. The van der Waals surface area contributed by atoms with Gasteiger partial charge in [0.1, 0.15) is 0 Å². The van der Waals surface area contributed by atoms with Crippen LogP contribution in [0, 0.1) is 0 Å². The molecule has 0 N–H and O–H groups in total. The van der Waals surface area contributed by atoms with E-state index >= 15 is 0 Å². The summed E-state index contributed by atoms with van der Waals surface area (Å²) < 4.78 is 0.887. The minimum atomic E-state index is -0.125. The summed E-state index contributed by atoms with van der Waals surface area (Å²) in [5, 5.41) is 0.584. The summed E-state index contributed by atoms with van der Waals surface area (Å²) in [6.07, 6.45) is 3.64. The van der Waals surface area contributed by atoms with E-state index in [2.05, 4.69) is 34.1 Å². The monoisotopic (exact) mass is 354 g/mol. The van der Waals surface area contributed by atoms with Crippen molar-refractivity contribution in [3.63, 3.8) is 0 Å². The third-order valence-corrected chi connectivity index (χ3v) is 5.37. The van der Waals surface area contributed by atoms with Crippen molar-refractivity contribution in [1.82, 2.24) is 0 Å². The topological polar surface area (TPSA) is 0 Å². The molecule has 0 nitrogen and oxygen atoms in total. The fourth-order valence-electron chi connectivity index (χ4n) is 2.61. The van der Waals surface area contributed by atoms with Gasteiger partial charge in [-0.2, -0.15) is 0 Å². The van der Waals surface area contributed by atoms with E-state index in [1.165, 1.54) is 30.4 Å². The molecule has 0 saturated heterocycles. The van der Waals surface area contributed by atoms with E-state index in [0.717, 1.165) is 15.6 Å². The molecule has 2 aromatic carbocycles. The van der Waals surface area contributed by atoms with Gasteiger partial charge in [-0.25, -0.2) is 0 Å². The Kier molecular flexibility index (Phi) is 3.88. The van der Waals surface area contributed by atoms with Crippen LogP contribution in [0.15, 0.2) is 40.9 Å². The zero-order valence-corrected chi connectivity index (χ0v) is 13.4. The van der Waals surface area contributed by atoms with Crippen molar-refractivity contribution in [1.29, 1.82) is 0 Å². The molecule has 98 valence electrons. The summed E-state index contributed by atoms with van der Waals surface area (Å²) in [4.78, 5) is 0. The largest absolute Gasteiger partial charge is 0.113 e. The van der Waals surface area contributed by atoms with Gasteiger partial charge in [-0.05, 0) is 69.6 Å². The second-order valence-electron chi connectivity index (χ2n) is 4.92. The van der Waals surface area contributed by atoms with Gasteiger partial charge in [0.05, 0.1) is 10.4 Å². The summed E-state index contributed by atoms with van der Waals surface area (Å²) in [5.74, 6) is 0. The molecule has 0 aromatic heterocycles. The van der Waals surface area contributed by atoms with Crippen molar-refractivity contribution in [3.8, 4) is 0 Å². The van der Waals surface area contributed by atoms with Crippen LogP contribution in [0.5, 0.6) is 0 Å². The number of rotatable bonds is 2. The number of halogens is 3. The van der Waals surface area contributed by atoms with Crippen LogP contribution in [-0.4, -0.2) is 0 Å². The first-order valence-corrected chi connectivity index (χ1v) is 7.96. The lowest BCUT2D eigenvalue weighted by Crippen LogP contribution is -1.95. The predicted octanol–water partition coefficient (Wildman–Crippen LogP) is 5.92. The van der Waals surface area contributed by atoms with E-state index in [9.17, 15) is 0 Å². The molecule has 1 aliphatic carbocycles. The highest BCUT2D eigenvalue weighted by Gasteiger charge is 2.16. The Morgan fingerprint density at radius 3 is 2.42 bits per heavy atom. The van der Waals surface area contributed by atoms with Gasteiger partial charge in [-0.3, -0.25) is 0 Å². The highest BCUT2D eigenvalue weighted by molar-refractivity contribution is 9.10. The van der Waals surface area contributed by atoms with E-state index in [-0.39, 0.29) is 5.38 Å². The average molecular weight is 356 g/mol. The molecule has 0 bridgehead atoms. The van der Waals surface area contributed by atoms with Gasteiger partial charge in [0, 0.05) is 4.47 Å². The molecule has 2 aromatic rings. The van der Waals surface area contributed by atoms with Crippen LogP contribution in [0.2, 0.25) is 5.02 Å². The first kappa shape index (κ1) is 13.5. The third-order valence-electron chi connectivity index (χ3n) is 3.65. The maximum atomic E-state index is 6.59. The summed E-state index contributed by atoms with van der Waals surface area (Å²) >= 11 is 16.1. The van der Waals surface area contributed by atoms with Crippen molar-refractivity contribution in [3.05, 3.63) is 68.1 Å². The Labute approximate surface area is 131 Å². The molecule has 19 heavy (non-hydrogen) atoms. The van der Waals surface area contributed by atoms with Gasteiger partial charge >= 0.3 is 0 Å². The standard InChI is InChI=1S/C16H13BrCl2/c17-14-9-13(6-7-15(14)18)16(19)12-5-4-10-2-1-3-11(10)8-12/h4-9,16H,1-3H2. The van der Waals surface area contributed by atoms with E-state index in [0.29, 0.717) is 5.02 Å². The van der Waals surface area contributed by atoms with Gasteiger partial charge < -0.3 is 0 Å². The normalized spacial score (nSPS) is 15.3. The zero-order chi connectivity index (χ0) is 13.4. The van der Waals surface area contributed by atoms with Crippen molar-refractivity contribution in [2.45, 2.75) is 24.6 Å². The SMILES string of the molecule is Clc1ccc(C(Cl)c2ccc3c(c2)CCC3)cc1Br. The molecule has 0 heterocycles. The molecule has 1 aliphatic rings. The highest BCUT2D eigenvalue weighted by atomic mass is 79.9. The zero-order valence-electron chi connectivity index (χ0n) is 10.3. The smallest absolute Gasteiger partial charge is 0.0835 e. The number of benzene rings is 2. The fraction of sp³-hybridized carbons (Fsp3) is 0.250. The second kappa shape index (κ2) is 5.47. The predicted molar refractivity (Wildman–Crippen MR) is 85.3 cm³/mol. The number of hydrogen-bond acceptors (Lipinski definition) is 0. The van der Waals surface area contributed by atoms with Gasteiger partial charge in [-0.1, -0.05) is 35.9 Å². The molecule has 1 atom stereocenters. The lowest BCUT2D eigenvalue weighted by molar-refractivity contribution is 0.911. The minimum absolute atomic E-state index is 0.125. The van der Waals surface area contributed by atoms with Crippen LogP contribution in [0.4, 0.5) is 0 Å². The second-order valence-corrected chi connectivity index (χ2v) is 6.62. The summed E-state index contributed by atoms with van der Waals surface area (Å²) in [6.45, 7) is 0. The Bertz CT molecular complexity index is 622. The number of fused-ring (bicyclic) bond motifs is 1. The molecule has 3 heteroatoms. The average Bonchev–Trinajstić information content (AvgIpc) is 2.88. The lowest BCUT2D eigenvalue weighted by atomic mass is 10.00. The van der Waals surface area contributed by atoms with Crippen LogP contribution in [0.3, 0.4) is 0 Å². The molecule has 0 aliphatic heterocycles. The van der Waals surface area contributed by atoms with Crippen LogP contribution < -0.4 is 0 Å². The van der Waals surface area contributed by atoms with E-state index in [1.54, 1.807) is 0 Å². The molecule has 3 rings (SSSR count). The molecule has 0 spiro atoms. The molecule has 0 saturated carbocycles. The summed E-state index contributed by atoms with van der Waals surface area (Å²) in [7, 11) is 0. The number of aryl methyl sites for hydroxylation is 2. The van der Waals surface area contributed by atoms with E-state index < -0.39 is 0 Å². The van der Waals surface area contributed by atoms with Crippen molar-refractivity contribution in [2.24, 2.45) is 0 Å². The first-order valence-electron chi connectivity index (χ1n) is 6.36. The fourth-order valence-corrected chi connectivity index (χ4v) is 3.40. The van der Waals surface area contributed by atoms with Crippen LogP contribution in [0.1, 0.15) is 34.1 Å². The lowest BCUT2D eigenvalue weighted by Gasteiger charge is -2.13. The van der Waals surface area contributed by atoms with Gasteiger partial charge in [0.25, 0.3) is 0 Å². The molecular formula is C16H13BrCl2. The maximum absolute atomic E-state index is 6.59. The molecule has 0 fully saturated rings. The Morgan fingerprint density at radius 1 is 0.947 bits per heavy atom. The maximum Gasteiger partial charge on any atom is 0.0835 e. The molecule has 1 unspecified atom stereocenters. The highest BCUT2D eigenvalue weighted by Crippen LogP contribution is 2.35. The minimum Gasteiger partial charge on any atom is -0.113 e. The van der Waals surface area contributed by atoms with Crippen molar-refractivity contribution in [2.75, 3.05) is 0 Å². The molecule has 0 radical (unpaired) electrons. The Morgan fingerprint density at radius 2 is 1.63 bits per heavy atom. The van der Waals surface area contributed by atoms with Crippen LogP contribution in [0.25, 0.3) is 0 Å². The number of alkyl halides is 1. The Hall–Kier alpha value is -0.500. The summed E-state index contributed by atoms with van der Waals surface area (Å²) in [6, 6.07) is 12.5. The van der Waals surface area contributed by atoms with Crippen LogP contribution in [-0.2, 0) is 12.8 Å². The van der Waals surface area contributed by atoms with Crippen molar-refractivity contribution < 1.29 is 0 Å². The third kappa shape index (κ3) is 2.69. The van der Waals surface area contributed by atoms with Gasteiger partial charge in [-0.15, -0.1) is 11.6 Å². The van der Waals surface area contributed by atoms with Crippen molar-refractivity contribution >= 4 is 39.1 Å². The quantitative estimate of drug-likeness (QED) is 0.586.